The van der Waals surface area contributed by atoms with Gasteiger partial charge in [0, 0.05) is 52.1 Å². The second-order valence-corrected chi connectivity index (χ2v) is 6.82. The van der Waals surface area contributed by atoms with Crippen LogP contribution in [0.5, 0.6) is 0 Å². The number of amides is 1. The smallest absolute Gasteiger partial charge is 0.220 e. The van der Waals surface area contributed by atoms with Gasteiger partial charge in [0.15, 0.2) is 0 Å². The minimum Gasteiger partial charge on any atom is -0.383 e. The van der Waals surface area contributed by atoms with Gasteiger partial charge in [0.25, 0.3) is 0 Å². The zero-order valence-electron chi connectivity index (χ0n) is 14.3. The number of carbonyl (C=O) groups is 1. The Hall–Kier alpha value is -1.50. The predicted molar refractivity (Wildman–Crippen MR) is 90.3 cm³/mol. The highest BCUT2D eigenvalue weighted by atomic mass is 16.5. The summed E-state index contributed by atoms with van der Waals surface area (Å²) in [6, 6.07) is 4.10. The molecule has 0 radical (unpaired) electrons. The molecule has 132 valence electrons. The highest BCUT2D eigenvalue weighted by Crippen LogP contribution is 2.36. The lowest BCUT2D eigenvalue weighted by Crippen LogP contribution is -2.38. The van der Waals surface area contributed by atoms with E-state index in [1.807, 2.05) is 12.3 Å². The van der Waals surface area contributed by atoms with E-state index in [9.17, 15) is 4.79 Å². The van der Waals surface area contributed by atoms with Crippen molar-refractivity contribution in [1.29, 1.82) is 0 Å². The summed E-state index contributed by atoms with van der Waals surface area (Å²) < 4.78 is 10.7. The number of likely N-dealkylation sites (tertiary alicyclic amines) is 1. The molecule has 1 N–H and O–H groups in total. The van der Waals surface area contributed by atoms with Gasteiger partial charge in [-0.2, -0.15) is 0 Å². The molecule has 2 saturated heterocycles. The molecule has 0 aromatic carbocycles. The molecule has 2 aliphatic heterocycles. The lowest BCUT2D eigenvalue weighted by atomic mass is 9.81. The third-order valence-electron chi connectivity index (χ3n) is 5.04. The zero-order chi connectivity index (χ0) is 16.8. The molecule has 3 rings (SSSR count). The quantitative estimate of drug-likeness (QED) is 0.752. The molecule has 2 aliphatic rings. The van der Waals surface area contributed by atoms with Crippen molar-refractivity contribution in [1.82, 2.24) is 15.2 Å². The normalized spacial score (nSPS) is 27.0. The molecule has 24 heavy (non-hydrogen) atoms. The number of ether oxygens (including phenoxy) is 2. The summed E-state index contributed by atoms with van der Waals surface area (Å²) in [6.07, 6.45) is 4.28. The van der Waals surface area contributed by atoms with Crippen molar-refractivity contribution in [2.45, 2.75) is 13.0 Å². The third kappa shape index (κ3) is 4.53. The molecular weight excluding hydrogens is 306 g/mol. The van der Waals surface area contributed by atoms with E-state index in [2.05, 4.69) is 21.3 Å². The van der Waals surface area contributed by atoms with Gasteiger partial charge in [0.1, 0.15) is 0 Å². The van der Waals surface area contributed by atoms with Gasteiger partial charge < -0.3 is 14.8 Å². The van der Waals surface area contributed by atoms with E-state index in [1.54, 1.807) is 13.3 Å². The summed E-state index contributed by atoms with van der Waals surface area (Å²) in [5.74, 6) is 1.49. The van der Waals surface area contributed by atoms with Crippen LogP contribution in [0, 0.1) is 17.8 Å². The van der Waals surface area contributed by atoms with Crippen LogP contribution in [0.1, 0.15) is 12.0 Å². The van der Waals surface area contributed by atoms with Crippen LogP contribution in [-0.4, -0.2) is 62.4 Å². The molecule has 6 heteroatoms. The Morgan fingerprint density at radius 2 is 2.38 bits per heavy atom. The van der Waals surface area contributed by atoms with Crippen LogP contribution in [0.15, 0.2) is 24.5 Å². The summed E-state index contributed by atoms with van der Waals surface area (Å²) in [4.78, 5) is 18.8. The summed E-state index contributed by atoms with van der Waals surface area (Å²) in [5, 5.41) is 2.92. The maximum atomic E-state index is 12.1. The van der Waals surface area contributed by atoms with Crippen LogP contribution < -0.4 is 5.32 Å². The average molecular weight is 333 g/mol. The van der Waals surface area contributed by atoms with Gasteiger partial charge >= 0.3 is 0 Å². The molecule has 6 nitrogen and oxygen atoms in total. The van der Waals surface area contributed by atoms with E-state index in [1.165, 1.54) is 5.56 Å². The number of methoxy groups -OCH3 is 1. The Bertz CT molecular complexity index is 526. The van der Waals surface area contributed by atoms with Gasteiger partial charge in [0.2, 0.25) is 5.91 Å². The number of rotatable bonds is 7. The molecule has 2 fully saturated rings. The van der Waals surface area contributed by atoms with Gasteiger partial charge in [-0.1, -0.05) is 6.07 Å². The maximum Gasteiger partial charge on any atom is 0.220 e. The molecule has 0 saturated carbocycles. The van der Waals surface area contributed by atoms with Crippen LogP contribution in [0.4, 0.5) is 0 Å². The number of aromatic nitrogens is 1. The SMILES string of the molecule is COCCNC(=O)C[C@@H]1COC[C@H]2CN(Cc3cccnc3)C[C@@H]12. The van der Waals surface area contributed by atoms with Crippen molar-refractivity contribution in [3.05, 3.63) is 30.1 Å². The highest BCUT2D eigenvalue weighted by Gasteiger charge is 2.41. The molecule has 1 aromatic heterocycles. The first kappa shape index (κ1) is 17.3. The van der Waals surface area contributed by atoms with Gasteiger partial charge in [-0.15, -0.1) is 0 Å². The lowest BCUT2D eigenvalue weighted by molar-refractivity contribution is -0.124. The molecule has 0 aliphatic carbocycles. The van der Waals surface area contributed by atoms with E-state index in [-0.39, 0.29) is 5.91 Å². The molecular formula is C18H27N3O3. The van der Waals surface area contributed by atoms with Crippen molar-refractivity contribution in [3.8, 4) is 0 Å². The highest BCUT2D eigenvalue weighted by molar-refractivity contribution is 5.76. The van der Waals surface area contributed by atoms with Crippen molar-refractivity contribution in [2.75, 3.05) is 46.6 Å². The van der Waals surface area contributed by atoms with E-state index < -0.39 is 0 Å². The lowest BCUT2D eigenvalue weighted by Gasteiger charge is -2.32. The third-order valence-corrected chi connectivity index (χ3v) is 5.04. The second-order valence-electron chi connectivity index (χ2n) is 6.82. The van der Waals surface area contributed by atoms with Crippen molar-refractivity contribution >= 4 is 5.91 Å². The van der Waals surface area contributed by atoms with Gasteiger partial charge in [-0.3, -0.25) is 14.7 Å². The van der Waals surface area contributed by atoms with Gasteiger partial charge in [-0.25, -0.2) is 0 Å². The number of hydrogen-bond donors (Lipinski definition) is 1. The topological polar surface area (TPSA) is 63.7 Å². The summed E-state index contributed by atoms with van der Waals surface area (Å²) in [5.41, 5.74) is 1.24. The van der Waals surface area contributed by atoms with E-state index in [4.69, 9.17) is 9.47 Å². The van der Waals surface area contributed by atoms with Gasteiger partial charge in [0.05, 0.1) is 19.8 Å². The Morgan fingerprint density at radius 3 is 3.17 bits per heavy atom. The van der Waals surface area contributed by atoms with Crippen molar-refractivity contribution in [3.63, 3.8) is 0 Å². The fraction of sp³-hybridized carbons (Fsp3) is 0.667. The predicted octanol–water partition coefficient (Wildman–Crippen LogP) is 0.929. The van der Waals surface area contributed by atoms with Crippen LogP contribution >= 0.6 is 0 Å². The van der Waals surface area contributed by atoms with E-state index in [0.29, 0.717) is 43.9 Å². The molecule has 0 bridgehead atoms. The van der Waals surface area contributed by atoms with Crippen LogP contribution in [0.3, 0.4) is 0 Å². The number of hydrogen-bond acceptors (Lipinski definition) is 5. The van der Waals surface area contributed by atoms with Crippen molar-refractivity contribution < 1.29 is 14.3 Å². The summed E-state index contributed by atoms with van der Waals surface area (Å²) in [6.45, 7) is 5.64. The minimum absolute atomic E-state index is 0.104. The van der Waals surface area contributed by atoms with Crippen molar-refractivity contribution in [2.24, 2.45) is 17.8 Å². The molecule has 0 spiro atoms. The number of nitrogens with zero attached hydrogens (tertiary/aromatic N) is 2. The number of pyridine rings is 1. The fourth-order valence-electron chi connectivity index (χ4n) is 3.89. The average Bonchev–Trinajstić information content (AvgIpc) is 2.99. The molecule has 1 amide bonds. The van der Waals surface area contributed by atoms with Crippen LogP contribution in [-0.2, 0) is 20.8 Å². The second kappa shape index (κ2) is 8.55. The van der Waals surface area contributed by atoms with Gasteiger partial charge in [-0.05, 0) is 29.4 Å². The molecule has 1 aromatic rings. The van der Waals surface area contributed by atoms with Crippen LogP contribution in [0.25, 0.3) is 0 Å². The van der Waals surface area contributed by atoms with Crippen LogP contribution in [0.2, 0.25) is 0 Å². The first-order valence-corrected chi connectivity index (χ1v) is 8.71. The first-order chi connectivity index (χ1) is 11.8. The number of carbonyl (C=O) groups excluding carboxylic acids is 1. The molecule has 0 unspecified atom stereocenters. The molecule has 3 atom stereocenters. The number of nitrogens with one attached hydrogen (secondary N) is 1. The summed E-state index contributed by atoms with van der Waals surface area (Å²) in [7, 11) is 1.64. The Labute approximate surface area is 143 Å². The van der Waals surface area contributed by atoms with E-state index >= 15 is 0 Å². The number of fused-ring (bicyclic) bond motifs is 1. The fourth-order valence-corrected chi connectivity index (χ4v) is 3.89. The minimum atomic E-state index is 0.104. The Balaban J connectivity index is 1.52. The maximum absolute atomic E-state index is 12.1. The monoisotopic (exact) mass is 333 g/mol. The standard InChI is InChI=1S/C18H27N3O3/c1-23-6-5-20-18(22)7-15-12-24-13-16-10-21(11-17(15)16)9-14-3-2-4-19-8-14/h2-4,8,15-17H,5-7,9-13H2,1H3,(H,20,22)/t15-,16-,17+/m1/s1. The summed E-state index contributed by atoms with van der Waals surface area (Å²) >= 11 is 0. The van der Waals surface area contributed by atoms with E-state index in [0.717, 1.165) is 26.2 Å². The zero-order valence-corrected chi connectivity index (χ0v) is 14.3. The first-order valence-electron chi connectivity index (χ1n) is 8.71. The molecule has 3 heterocycles. The largest absolute Gasteiger partial charge is 0.383 e. The Morgan fingerprint density at radius 1 is 1.46 bits per heavy atom. The Kier molecular flexibility index (Phi) is 6.18.